The number of rotatable bonds is 2. The highest BCUT2D eigenvalue weighted by Crippen LogP contribution is 2.44. The van der Waals surface area contributed by atoms with E-state index in [1.807, 2.05) is 12.1 Å². The van der Waals surface area contributed by atoms with Crippen LogP contribution in [0.25, 0.3) is 0 Å². The minimum absolute atomic E-state index is 0.0194. The topological polar surface area (TPSA) is 9.23 Å². The average molecular weight is 483 g/mol. The van der Waals surface area contributed by atoms with E-state index in [9.17, 15) is 8.78 Å². The number of benzene rings is 2. The molecule has 0 saturated heterocycles. The van der Waals surface area contributed by atoms with Crippen molar-refractivity contribution in [1.29, 1.82) is 0 Å². The molecule has 0 saturated carbocycles. The van der Waals surface area contributed by atoms with Gasteiger partial charge in [0, 0.05) is 26.5 Å². The van der Waals surface area contributed by atoms with Gasteiger partial charge in [-0.1, -0.05) is 47.8 Å². The summed E-state index contributed by atoms with van der Waals surface area (Å²) in [4.78, 5) is -0.616. The molecule has 1 aliphatic heterocycles. The zero-order valence-corrected chi connectivity index (χ0v) is 15.4. The van der Waals surface area contributed by atoms with Crippen molar-refractivity contribution < 1.29 is 13.5 Å². The Labute approximate surface area is 146 Å². The molecule has 1 heterocycles. The fraction of sp³-hybridized carbons (Fsp3) is 0.200. The van der Waals surface area contributed by atoms with E-state index in [1.54, 1.807) is 0 Å². The lowest BCUT2D eigenvalue weighted by Gasteiger charge is -2.17. The van der Waals surface area contributed by atoms with Crippen LogP contribution in [-0.2, 0) is 6.42 Å². The van der Waals surface area contributed by atoms with E-state index in [0.717, 1.165) is 22.0 Å². The Balaban J connectivity index is 2.14. The van der Waals surface area contributed by atoms with Crippen LogP contribution in [0.15, 0.2) is 33.2 Å². The van der Waals surface area contributed by atoms with Gasteiger partial charge in [0.05, 0.1) is 11.4 Å². The van der Waals surface area contributed by atoms with E-state index in [1.165, 1.54) is 12.1 Å². The molecule has 1 atom stereocenters. The maximum absolute atomic E-state index is 14.1. The lowest BCUT2D eigenvalue weighted by atomic mass is 10.00. The number of hydrogen-bond donors (Lipinski definition) is 0. The predicted octanol–water partition coefficient (Wildman–Crippen LogP) is 5.91. The van der Waals surface area contributed by atoms with E-state index in [0.29, 0.717) is 16.8 Å². The molecule has 0 aliphatic carbocycles. The highest BCUT2D eigenvalue weighted by molar-refractivity contribution is 9.10. The Morgan fingerprint density at radius 1 is 1.00 bits per heavy atom. The lowest BCUT2D eigenvalue weighted by molar-refractivity contribution is 0.353. The molecule has 2 aromatic carbocycles. The summed E-state index contributed by atoms with van der Waals surface area (Å²) in [5.41, 5.74) is 1.74. The quantitative estimate of drug-likeness (QED) is 0.484. The second-order valence-corrected chi connectivity index (χ2v) is 7.47. The van der Waals surface area contributed by atoms with E-state index in [-0.39, 0.29) is 5.56 Å². The summed E-state index contributed by atoms with van der Waals surface area (Å²) in [5, 5.41) is 0. The smallest absolute Gasteiger partial charge is 0.131 e. The number of hydrogen-bond acceptors (Lipinski definition) is 1. The van der Waals surface area contributed by atoms with E-state index < -0.39 is 16.5 Å². The molecule has 0 fully saturated rings. The van der Waals surface area contributed by atoms with Crippen LogP contribution in [-0.4, -0.2) is 6.61 Å². The van der Waals surface area contributed by atoms with Gasteiger partial charge >= 0.3 is 0 Å². The fourth-order valence-electron chi connectivity index (χ4n) is 2.44. The van der Waals surface area contributed by atoms with Crippen LogP contribution < -0.4 is 4.74 Å². The fourth-order valence-corrected chi connectivity index (χ4v) is 4.14. The van der Waals surface area contributed by atoms with E-state index in [4.69, 9.17) is 4.74 Å². The summed E-state index contributed by atoms with van der Waals surface area (Å²) < 4.78 is 35.2. The van der Waals surface area contributed by atoms with Crippen LogP contribution in [0.3, 0.4) is 0 Å². The summed E-state index contributed by atoms with van der Waals surface area (Å²) in [5.74, 6) is -0.493. The molecule has 0 spiro atoms. The first-order valence-electron chi connectivity index (χ1n) is 6.21. The van der Waals surface area contributed by atoms with Crippen LogP contribution in [0.2, 0.25) is 0 Å². The van der Waals surface area contributed by atoms with Gasteiger partial charge in [0.15, 0.2) is 0 Å². The molecule has 110 valence electrons. The lowest BCUT2D eigenvalue weighted by Crippen LogP contribution is -2.03. The van der Waals surface area contributed by atoms with Gasteiger partial charge in [0.25, 0.3) is 0 Å². The first-order chi connectivity index (χ1) is 9.97. The predicted molar refractivity (Wildman–Crippen MR) is 88.2 cm³/mol. The molecule has 1 unspecified atom stereocenters. The molecule has 6 heteroatoms. The summed E-state index contributed by atoms with van der Waals surface area (Å²) in [6.07, 6.45) is 0.798. The van der Waals surface area contributed by atoms with Gasteiger partial charge in [0.1, 0.15) is 17.4 Å². The van der Waals surface area contributed by atoms with Gasteiger partial charge < -0.3 is 4.74 Å². The molecule has 1 nitrogen and oxygen atoms in total. The Bertz CT molecular complexity index is 695. The van der Waals surface area contributed by atoms with Gasteiger partial charge in [-0.3, -0.25) is 0 Å². The normalized spacial score (nSPS) is 14.7. The molecule has 1 aliphatic rings. The first-order valence-corrected chi connectivity index (χ1v) is 8.71. The van der Waals surface area contributed by atoms with Crippen LogP contribution in [0.5, 0.6) is 5.75 Å². The molecule has 0 radical (unpaired) electrons. The standard InChI is InChI=1S/C15H9Br3F2O/c16-8-3-7-1-2-21-15(7)10(4-8)14(18)13-11(19)5-9(17)6-12(13)20/h3-6,14H,1-2H2. The number of fused-ring (bicyclic) bond motifs is 1. The Morgan fingerprint density at radius 2 is 1.62 bits per heavy atom. The van der Waals surface area contributed by atoms with E-state index >= 15 is 0 Å². The van der Waals surface area contributed by atoms with Gasteiger partial charge in [-0.2, -0.15) is 0 Å². The molecule has 0 aromatic heterocycles. The van der Waals surface area contributed by atoms with Crippen molar-refractivity contribution in [2.75, 3.05) is 6.61 Å². The van der Waals surface area contributed by atoms with Crippen molar-refractivity contribution >= 4 is 47.8 Å². The van der Waals surface area contributed by atoms with E-state index in [2.05, 4.69) is 47.8 Å². The zero-order chi connectivity index (χ0) is 15.1. The second-order valence-electron chi connectivity index (χ2n) is 4.73. The highest BCUT2D eigenvalue weighted by Gasteiger charge is 2.27. The van der Waals surface area contributed by atoms with Crippen LogP contribution >= 0.6 is 47.8 Å². The molecule has 0 amide bonds. The molecule has 2 aromatic rings. The Hall–Kier alpha value is -0.460. The van der Waals surface area contributed by atoms with Crippen molar-refractivity contribution in [1.82, 2.24) is 0 Å². The van der Waals surface area contributed by atoms with Crippen molar-refractivity contribution in [3.05, 3.63) is 61.5 Å². The first kappa shape index (κ1) is 15.4. The number of alkyl halides is 1. The third kappa shape index (κ3) is 2.90. The molecular formula is C15H9Br3F2O. The summed E-state index contributed by atoms with van der Waals surface area (Å²) >= 11 is 9.93. The maximum atomic E-state index is 14.1. The van der Waals surface area contributed by atoms with Crippen molar-refractivity contribution in [3.63, 3.8) is 0 Å². The van der Waals surface area contributed by atoms with Crippen LogP contribution in [0, 0.1) is 11.6 Å². The van der Waals surface area contributed by atoms with Gasteiger partial charge in [-0.05, 0) is 29.8 Å². The van der Waals surface area contributed by atoms with Crippen LogP contribution in [0.1, 0.15) is 21.5 Å². The summed E-state index contributed by atoms with van der Waals surface area (Å²) in [6.45, 7) is 0.587. The Kier molecular flexibility index (Phi) is 4.39. The molecule has 21 heavy (non-hydrogen) atoms. The Morgan fingerprint density at radius 3 is 2.29 bits per heavy atom. The number of halogens is 5. The summed E-state index contributed by atoms with van der Waals surface area (Å²) in [7, 11) is 0. The molecular weight excluding hydrogens is 474 g/mol. The van der Waals surface area contributed by atoms with Gasteiger partial charge in [-0.25, -0.2) is 8.78 Å². The van der Waals surface area contributed by atoms with Crippen molar-refractivity contribution in [3.8, 4) is 5.75 Å². The average Bonchev–Trinajstić information content (AvgIpc) is 2.84. The van der Waals surface area contributed by atoms with Gasteiger partial charge in [-0.15, -0.1) is 0 Å². The van der Waals surface area contributed by atoms with Crippen LogP contribution in [0.4, 0.5) is 8.78 Å². The SMILES string of the molecule is Fc1cc(Br)cc(F)c1C(Br)c1cc(Br)cc2c1OCC2. The van der Waals surface area contributed by atoms with Crippen molar-refractivity contribution in [2.45, 2.75) is 11.2 Å². The minimum atomic E-state index is -0.616. The maximum Gasteiger partial charge on any atom is 0.131 e. The molecule has 3 rings (SSSR count). The molecule has 0 bridgehead atoms. The zero-order valence-electron chi connectivity index (χ0n) is 10.6. The monoisotopic (exact) mass is 480 g/mol. The van der Waals surface area contributed by atoms with Gasteiger partial charge in [0.2, 0.25) is 0 Å². The molecule has 0 N–H and O–H groups in total. The largest absolute Gasteiger partial charge is 0.493 e. The third-order valence-corrected chi connectivity index (χ3v) is 5.21. The highest BCUT2D eigenvalue weighted by atomic mass is 79.9. The summed E-state index contributed by atoms with van der Waals surface area (Å²) in [6, 6.07) is 6.31. The third-order valence-electron chi connectivity index (χ3n) is 3.35. The number of ether oxygens (including phenoxy) is 1. The minimum Gasteiger partial charge on any atom is -0.493 e. The van der Waals surface area contributed by atoms with Crippen molar-refractivity contribution in [2.24, 2.45) is 0 Å². The second kappa shape index (κ2) is 5.97.